The van der Waals surface area contributed by atoms with E-state index in [0.29, 0.717) is 21.9 Å². The molecule has 2 aromatic heterocycles. The summed E-state index contributed by atoms with van der Waals surface area (Å²) in [6.07, 6.45) is 8.87. The molecule has 1 aromatic carbocycles. The molecule has 0 unspecified atom stereocenters. The number of aromatic amines is 2. The van der Waals surface area contributed by atoms with E-state index >= 15 is 0 Å². The Balaban J connectivity index is 0.000000221. The predicted octanol–water partition coefficient (Wildman–Crippen LogP) is 3.10. The molecule has 7 heteroatoms. The third kappa shape index (κ3) is 4.77. The van der Waals surface area contributed by atoms with Crippen LogP contribution in [0.15, 0.2) is 35.1 Å². The van der Waals surface area contributed by atoms with Crippen molar-refractivity contribution in [1.29, 1.82) is 0 Å². The average molecular weight is 386 g/mol. The summed E-state index contributed by atoms with van der Waals surface area (Å²) in [5, 5.41) is 9.03. The molecule has 4 rings (SSSR count). The van der Waals surface area contributed by atoms with Crippen molar-refractivity contribution in [1.82, 2.24) is 15.0 Å². The Kier molecular flexibility index (Phi) is 6.30. The van der Waals surface area contributed by atoms with Gasteiger partial charge in [0.1, 0.15) is 0 Å². The zero-order valence-corrected chi connectivity index (χ0v) is 15.4. The van der Waals surface area contributed by atoms with E-state index < -0.39 is 0 Å². The zero-order chi connectivity index (χ0) is 19.2. The summed E-state index contributed by atoms with van der Waals surface area (Å²) in [4.78, 5) is 20.8. The lowest BCUT2D eigenvalue weighted by molar-refractivity contribution is -0.0172. The molecule has 0 aliphatic carbocycles. The molecule has 1 aliphatic rings. The molecule has 1 atom stereocenters. The topological polar surface area (TPSA) is 91.0 Å². The van der Waals surface area contributed by atoms with Crippen LogP contribution in [0.2, 0.25) is 5.02 Å². The summed E-state index contributed by atoms with van der Waals surface area (Å²) in [5.74, 6) is 2.55. The van der Waals surface area contributed by atoms with Crippen LogP contribution >= 0.6 is 11.6 Å². The van der Waals surface area contributed by atoms with Crippen LogP contribution in [-0.4, -0.2) is 39.4 Å². The van der Waals surface area contributed by atoms with Crippen molar-refractivity contribution in [3.63, 3.8) is 0 Å². The lowest BCUT2D eigenvalue weighted by Gasteiger charge is -2.19. The molecule has 1 saturated heterocycles. The van der Waals surface area contributed by atoms with E-state index in [4.69, 9.17) is 27.9 Å². The Morgan fingerprint density at radius 2 is 2.07 bits per heavy atom. The smallest absolute Gasteiger partial charge is 0.325 e. The number of nitrogens with zero attached hydrogens (tertiary/aromatic N) is 1. The molecular weight excluding hydrogens is 366 g/mol. The number of hydrogen-bond donors (Lipinski definition) is 3. The van der Waals surface area contributed by atoms with Gasteiger partial charge in [-0.05, 0) is 37.5 Å². The van der Waals surface area contributed by atoms with E-state index in [0.717, 1.165) is 30.6 Å². The van der Waals surface area contributed by atoms with E-state index in [2.05, 4.69) is 20.9 Å². The first-order valence-corrected chi connectivity index (χ1v) is 9.06. The highest BCUT2D eigenvalue weighted by Gasteiger charge is 2.11. The Morgan fingerprint density at radius 1 is 1.30 bits per heavy atom. The minimum Gasteiger partial charge on any atom is -0.394 e. The number of fused-ring (bicyclic) bond motifs is 1. The highest BCUT2D eigenvalue weighted by molar-refractivity contribution is 6.33. The van der Waals surface area contributed by atoms with Gasteiger partial charge in [0.05, 0.1) is 28.9 Å². The van der Waals surface area contributed by atoms with Crippen molar-refractivity contribution >= 4 is 22.8 Å². The van der Waals surface area contributed by atoms with Crippen LogP contribution in [-0.2, 0) is 4.74 Å². The Bertz CT molecular complexity index is 996. The van der Waals surface area contributed by atoms with E-state index in [9.17, 15) is 4.79 Å². The van der Waals surface area contributed by atoms with Crippen molar-refractivity contribution in [2.45, 2.75) is 25.4 Å². The first-order chi connectivity index (χ1) is 13.1. The number of hydrogen-bond acceptors (Lipinski definition) is 4. The second kappa shape index (κ2) is 8.87. The van der Waals surface area contributed by atoms with E-state index in [-0.39, 0.29) is 18.4 Å². The summed E-state index contributed by atoms with van der Waals surface area (Å²) >= 11 is 6.18. The molecule has 6 nitrogen and oxygen atoms in total. The number of halogens is 1. The van der Waals surface area contributed by atoms with Gasteiger partial charge < -0.3 is 14.8 Å². The van der Waals surface area contributed by atoms with E-state index in [1.165, 1.54) is 6.42 Å². The van der Waals surface area contributed by atoms with Gasteiger partial charge in [0.2, 0.25) is 0 Å². The van der Waals surface area contributed by atoms with Crippen molar-refractivity contribution in [2.75, 3.05) is 13.2 Å². The van der Waals surface area contributed by atoms with Crippen molar-refractivity contribution in [2.24, 2.45) is 0 Å². The maximum absolute atomic E-state index is 11.2. The van der Waals surface area contributed by atoms with Gasteiger partial charge in [-0.3, -0.25) is 4.98 Å². The van der Waals surface area contributed by atoms with E-state index in [1.54, 1.807) is 6.07 Å². The molecule has 0 spiro atoms. The lowest BCUT2D eigenvalue weighted by Crippen LogP contribution is -2.22. The fraction of sp³-hybridized carbons (Fsp3) is 0.300. The standard InChI is InChI=1S/C14H8ClN3O.C6H12O2/c1-2-8-3-5-9(6-4-8)12-10(15)7-11-13(17-12)18-14(19)16-11;7-5-6-3-1-2-4-8-6/h1,3-7H,(H2,16,17,18,19);6-7H,1-5H2/t;6-/m.0/s1. The molecule has 3 aromatic rings. The van der Waals surface area contributed by atoms with Crippen molar-refractivity contribution in [3.8, 4) is 23.6 Å². The fourth-order valence-electron chi connectivity index (χ4n) is 2.82. The third-order valence-electron chi connectivity index (χ3n) is 4.26. The second-order valence-corrected chi connectivity index (χ2v) is 6.59. The SMILES string of the molecule is C#Cc1ccc(-c2nc3[nH]c(=O)[nH]c3cc2Cl)cc1.OC[C@@H]1CCCCO1. The van der Waals surface area contributed by atoms with Gasteiger partial charge in [-0.1, -0.05) is 29.7 Å². The molecule has 140 valence electrons. The van der Waals surface area contributed by atoms with Crippen LogP contribution in [0.5, 0.6) is 0 Å². The Labute approximate surface area is 161 Å². The highest BCUT2D eigenvalue weighted by Crippen LogP contribution is 2.28. The molecule has 3 heterocycles. The normalized spacial score (nSPS) is 16.4. The number of pyridine rings is 1. The largest absolute Gasteiger partial charge is 0.394 e. The number of rotatable bonds is 2. The Hall–Kier alpha value is -2.59. The monoisotopic (exact) mass is 385 g/mol. The number of aromatic nitrogens is 3. The third-order valence-corrected chi connectivity index (χ3v) is 4.55. The van der Waals surface area contributed by atoms with Crippen LogP contribution in [0.4, 0.5) is 0 Å². The van der Waals surface area contributed by atoms with Crippen LogP contribution in [0, 0.1) is 12.3 Å². The van der Waals surface area contributed by atoms with Gasteiger partial charge in [-0.15, -0.1) is 6.42 Å². The Morgan fingerprint density at radius 3 is 2.67 bits per heavy atom. The second-order valence-electron chi connectivity index (χ2n) is 6.19. The summed E-state index contributed by atoms with van der Waals surface area (Å²) in [6, 6.07) is 9.00. The number of terminal acetylenes is 1. The quantitative estimate of drug-likeness (QED) is 0.591. The first kappa shape index (κ1) is 19.2. The van der Waals surface area contributed by atoms with Crippen LogP contribution in [0.3, 0.4) is 0 Å². The van der Waals surface area contributed by atoms with Crippen molar-refractivity contribution in [3.05, 3.63) is 51.4 Å². The average Bonchev–Trinajstić information content (AvgIpc) is 3.07. The van der Waals surface area contributed by atoms with Crippen LogP contribution < -0.4 is 5.69 Å². The van der Waals surface area contributed by atoms with Gasteiger partial charge in [0.15, 0.2) is 5.65 Å². The van der Waals surface area contributed by atoms with Gasteiger partial charge in [-0.2, -0.15) is 0 Å². The molecule has 1 aliphatic heterocycles. The number of nitrogens with one attached hydrogen (secondary N) is 2. The molecule has 0 amide bonds. The molecule has 27 heavy (non-hydrogen) atoms. The number of ether oxygens (including phenoxy) is 1. The van der Waals surface area contributed by atoms with Gasteiger partial charge in [0.25, 0.3) is 0 Å². The maximum Gasteiger partial charge on any atom is 0.325 e. The highest BCUT2D eigenvalue weighted by atomic mass is 35.5. The first-order valence-electron chi connectivity index (χ1n) is 8.68. The van der Waals surface area contributed by atoms with Gasteiger partial charge in [0, 0.05) is 17.7 Å². The maximum atomic E-state index is 11.2. The van der Waals surface area contributed by atoms with E-state index in [1.807, 2.05) is 24.3 Å². The van der Waals surface area contributed by atoms with Crippen molar-refractivity contribution < 1.29 is 9.84 Å². The molecule has 0 radical (unpaired) electrons. The van der Waals surface area contributed by atoms with Gasteiger partial charge in [-0.25, -0.2) is 9.78 Å². The summed E-state index contributed by atoms with van der Waals surface area (Å²) in [7, 11) is 0. The predicted molar refractivity (Wildman–Crippen MR) is 106 cm³/mol. The molecule has 0 bridgehead atoms. The summed E-state index contributed by atoms with van der Waals surface area (Å²) < 4.78 is 5.18. The molecule has 0 saturated carbocycles. The number of imidazole rings is 1. The van der Waals surface area contributed by atoms with Crippen LogP contribution in [0.25, 0.3) is 22.4 Å². The number of aliphatic hydroxyl groups excluding tert-OH is 1. The summed E-state index contributed by atoms with van der Waals surface area (Å²) in [5.41, 5.74) is 2.99. The minimum atomic E-state index is -0.307. The van der Waals surface area contributed by atoms with Crippen LogP contribution in [0.1, 0.15) is 24.8 Å². The molecule has 3 N–H and O–H groups in total. The number of H-pyrrole nitrogens is 2. The molecule has 1 fully saturated rings. The fourth-order valence-corrected chi connectivity index (χ4v) is 3.08. The lowest BCUT2D eigenvalue weighted by atomic mass is 10.1. The minimum absolute atomic E-state index is 0.142. The van der Waals surface area contributed by atoms with Gasteiger partial charge >= 0.3 is 5.69 Å². The number of benzene rings is 1. The summed E-state index contributed by atoms with van der Waals surface area (Å²) in [6.45, 7) is 1.03. The molecular formula is C20H20ClN3O3. The zero-order valence-electron chi connectivity index (χ0n) is 14.7. The number of aliphatic hydroxyl groups is 1.